The highest BCUT2D eigenvalue weighted by Crippen LogP contribution is 2.29. The minimum Gasteiger partial charge on any atom is -0.461 e. The second-order valence-corrected chi connectivity index (χ2v) is 9.84. The van der Waals surface area contributed by atoms with Crippen LogP contribution in [0, 0.1) is 0 Å². The minimum atomic E-state index is -0.630. The van der Waals surface area contributed by atoms with Crippen molar-refractivity contribution in [2.24, 2.45) is 0 Å². The van der Waals surface area contributed by atoms with Gasteiger partial charge < -0.3 is 9.84 Å². The van der Waals surface area contributed by atoms with Crippen LogP contribution < -0.4 is 10.2 Å². The van der Waals surface area contributed by atoms with Crippen molar-refractivity contribution in [3.63, 3.8) is 0 Å². The van der Waals surface area contributed by atoms with Crippen LogP contribution in [0.15, 0.2) is 34.0 Å². The number of rotatable bonds is 12. The van der Waals surface area contributed by atoms with Gasteiger partial charge in [-0.15, -0.1) is 11.3 Å². The van der Waals surface area contributed by atoms with E-state index in [1.165, 1.54) is 28.0 Å². The second kappa shape index (κ2) is 12.2. The molecule has 3 rings (SSSR count). The summed E-state index contributed by atoms with van der Waals surface area (Å²) in [6.07, 6.45) is 3.73. The maximum Gasteiger partial charge on any atom is 0.357 e. The fourth-order valence-electron chi connectivity index (χ4n) is 3.56. The van der Waals surface area contributed by atoms with E-state index in [-0.39, 0.29) is 18.2 Å². The average molecular weight is 492 g/mol. The molecule has 3 amide bonds. The zero-order chi connectivity index (χ0) is 23.8. The number of nitrogens with one attached hydrogen (secondary N) is 1. The summed E-state index contributed by atoms with van der Waals surface area (Å²) < 4.78 is 5.65. The molecule has 0 radical (unpaired) electrons. The number of unbranched alkanes of at least 4 members (excludes halogenated alkanes) is 2. The van der Waals surface area contributed by atoms with E-state index in [1.54, 1.807) is 36.6 Å². The molecule has 10 heteroatoms. The number of hydrogen-bond acceptors (Lipinski definition) is 8. The minimum absolute atomic E-state index is 0.275. The molecular weight excluding hydrogens is 462 g/mol. The summed E-state index contributed by atoms with van der Waals surface area (Å²) >= 11 is 2.77. The Hall–Kier alpha value is -2.43. The summed E-state index contributed by atoms with van der Waals surface area (Å²) in [5.74, 6) is -0.242. The van der Waals surface area contributed by atoms with Crippen LogP contribution in [0.25, 0.3) is 0 Å². The summed E-state index contributed by atoms with van der Waals surface area (Å²) in [5, 5.41) is 14.4. The Morgan fingerprint density at radius 3 is 2.73 bits per heavy atom. The van der Waals surface area contributed by atoms with Crippen LogP contribution in [-0.4, -0.2) is 46.4 Å². The molecule has 0 aliphatic carbocycles. The lowest BCUT2D eigenvalue weighted by Gasteiger charge is -2.22. The molecule has 1 aromatic heterocycles. The molecule has 2 aromatic rings. The first-order valence-electron chi connectivity index (χ1n) is 11.1. The number of ether oxygens (including phenoxy) is 1. The van der Waals surface area contributed by atoms with Crippen LogP contribution in [0.4, 0.5) is 10.5 Å². The van der Waals surface area contributed by atoms with Crippen molar-refractivity contribution in [3.05, 3.63) is 40.9 Å². The number of thioether (sulfide) groups is 1. The maximum atomic E-state index is 12.4. The number of benzene rings is 1. The smallest absolute Gasteiger partial charge is 0.357 e. The quantitative estimate of drug-likeness (QED) is 0.194. The van der Waals surface area contributed by atoms with Crippen LogP contribution in [0.3, 0.4) is 0 Å². The standard InChI is InChI=1S/C23H29N3O5S2/c1-3-5-6-7-19(27)15-8-10-16(11-9-15)26-18(20(28)25-22(26)30)12-13-32-23-24-17(14-33-23)21(29)31-4-2/h8-11,14,18-19,27H,3-7,12-13H2,1-2H3,(H,25,28,30)/t18-,19?/m0/s1. The molecule has 1 saturated heterocycles. The molecule has 0 saturated carbocycles. The number of urea groups is 1. The first-order chi connectivity index (χ1) is 15.9. The van der Waals surface area contributed by atoms with Crippen molar-refractivity contribution in [1.29, 1.82) is 0 Å². The number of imide groups is 1. The molecule has 0 bridgehead atoms. The lowest BCUT2D eigenvalue weighted by Crippen LogP contribution is -2.35. The third-order valence-corrected chi connectivity index (χ3v) is 7.34. The van der Waals surface area contributed by atoms with E-state index < -0.39 is 24.1 Å². The van der Waals surface area contributed by atoms with Gasteiger partial charge in [0.25, 0.3) is 5.91 Å². The van der Waals surface area contributed by atoms with Crippen molar-refractivity contribution in [1.82, 2.24) is 10.3 Å². The lowest BCUT2D eigenvalue weighted by molar-refractivity contribution is -0.119. The first-order valence-corrected chi connectivity index (χ1v) is 13.0. The topological polar surface area (TPSA) is 109 Å². The highest BCUT2D eigenvalue weighted by Gasteiger charge is 2.39. The predicted octanol–water partition coefficient (Wildman–Crippen LogP) is 4.54. The molecule has 2 atom stereocenters. The molecule has 1 aliphatic heterocycles. The van der Waals surface area contributed by atoms with Crippen LogP contribution >= 0.6 is 23.1 Å². The van der Waals surface area contributed by atoms with Gasteiger partial charge in [-0.2, -0.15) is 0 Å². The molecule has 178 valence electrons. The molecule has 8 nitrogen and oxygen atoms in total. The normalized spacial score (nSPS) is 16.7. The van der Waals surface area contributed by atoms with Gasteiger partial charge in [0, 0.05) is 16.8 Å². The van der Waals surface area contributed by atoms with Gasteiger partial charge in [0.05, 0.1) is 12.7 Å². The van der Waals surface area contributed by atoms with E-state index in [0.717, 1.165) is 24.8 Å². The number of carbonyl (C=O) groups excluding carboxylic acids is 3. The van der Waals surface area contributed by atoms with Gasteiger partial charge in [-0.1, -0.05) is 50.1 Å². The summed E-state index contributed by atoms with van der Waals surface area (Å²) in [4.78, 5) is 42.3. The highest BCUT2D eigenvalue weighted by atomic mass is 32.2. The van der Waals surface area contributed by atoms with E-state index in [1.807, 2.05) is 0 Å². The van der Waals surface area contributed by atoms with E-state index in [9.17, 15) is 19.5 Å². The first kappa shape index (κ1) is 25.2. The van der Waals surface area contributed by atoms with Gasteiger partial charge in [0.15, 0.2) is 10.0 Å². The molecule has 0 spiro atoms. The van der Waals surface area contributed by atoms with Crippen LogP contribution in [0.2, 0.25) is 0 Å². The predicted molar refractivity (Wildman–Crippen MR) is 129 cm³/mol. The Morgan fingerprint density at radius 2 is 2.03 bits per heavy atom. The van der Waals surface area contributed by atoms with Gasteiger partial charge in [0.2, 0.25) is 0 Å². The zero-order valence-corrected chi connectivity index (χ0v) is 20.4. The SMILES string of the molecule is CCCCCC(O)c1ccc(N2C(=O)NC(=O)[C@@H]2CCSc2nc(C(=O)OCC)cs2)cc1. The number of thiazole rings is 1. The molecule has 1 fully saturated rings. The number of anilines is 1. The number of nitrogens with zero attached hydrogens (tertiary/aromatic N) is 2. The number of hydrogen-bond donors (Lipinski definition) is 2. The van der Waals surface area contributed by atoms with Crippen molar-refractivity contribution >= 4 is 46.7 Å². The van der Waals surface area contributed by atoms with Gasteiger partial charge in [-0.3, -0.25) is 15.0 Å². The molecule has 33 heavy (non-hydrogen) atoms. The van der Waals surface area contributed by atoms with Gasteiger partial charge in [-0.25, -0.2) is 14.6 Å². The van der Waals surface area contributed by atoms with E-state index in [4.69, 9.17) is 4.74 Å². The average Bonchev–Trinajstić information content (AvgIpc) is 3.38. The monoisotopic (exact) mass is 491 g/mol. The Labute approximate surface area is 201 Å². The number of amides is 3. The van der Waals surface area contributed by atoms with E-state index in [0.29, 0.717) is 28.6 Å². The second-order valence-electron chi connectivity index (χ2n) is 7.64. The maximum absolute atomic E-state index is 12.4. The molecule has 1 unspecified atom stereocenters. The van der Waals surface area contributed by atoms with Gasteiger partial charge in [-0.05, 0) is 37.5 Å². The van der Waals surface area contributed by atoms with Crippen molar-refractivity contribution in [3.8, 4) is 0 Å². The molecule has 1 aliphatic rings. The van der Waals surface area contributed by atoms with E-state index >= 15 is 0 Å². The van der Waals surface area contributed by atoms with Crippen molar-refractivity contribution in [2.75, 3.05) is 17.3 Å². The molecule has 2 N–H and O–H groups in total. The Balaban J connectivity index is 1.60. The third-order valence-electron chi connectivity index (χ3n) is 5.28. The fourth-order valence-corrected chi connectivity index (χ4v) is 5.41. The summed E-state index contributed by atoms with van der Waals surface area (Å²) in [6.45, 7) is 4.15. The van der Waals surface area contributed by atoms with Gasteiger partial charge >= 0.3 is 12.0 Å². The zero-order valence-electron chi connectivity index (χ0n) is 18.8. The summed E-state index contributed by atoms with van der Waals surface area (Å²) in [6, 6.07) is 6.06. The fraction of sp³-hybridized carbons (Fsp3) is 0.478. The van der Waals surface area contributed by atoms with Crippen molar-refractivity contribution in [2.45, 2.75) is 62.4 Å². The Morgan fingerprint density at radius 1 is 1.27 bits per heavy atom. The summed E-state index contributed by atoms with van der Waals surface area (Å²) in [7, 11) is 0. The highest BCUT2D eigenvalue weighted by molar-refractivity contribution is 8.01. The molecule has 1 aromatic carbocycles. The largest absolute Gasteiger partial charge is 0.461 e. The van der Waals surface area contributed by atoms with Crippen molar-refractivity contribution < 1.29 is 24.2 Å². The molecule has 2 heterocycles. The number of esters is 1. The van der Waals surface area contributed by atoms with Crippen LogP contribution in [0.1, 0.15) is 68.1 Å². The Kier molecular flexibility index (Phi) is 9.28. The van der Waals surface area contributed by atoms with Crippen LogP contribution in [0.5, 0.6) is 0 Å². The van der Waals surface area contributed by atoms with Crippen LogP contribution in [-0.2, 0) is 9.53 Å². The van der Waals surface area contributed by atoms with E-state index in [2.05, 4.69) is 17.2 Å². The number of aromatic nitrogens is 1. The summed E-state index contributed by atoms with van der Waals surface area (Å²) in [5.41, 5.74) is 1.68. The number of aliphatic hydroxyl groups is 1. The number of aliphatic hydroxyl groups excluding tert-OH is 1. The molecular formula is C23H29N3O5S2. The third kappa shape index (κ3) is 6.55. The lowest BCUT2D eigenvalue weighted by atomic mass is 10.0. The Bertz CT molecular complexity index is 963. The van der Waals surface area contributed by atoms with Gasteiger partial charge in [0.1, 0.15) is 6.04 Å². The number of carbonyl (C=O) groups is 3.